The highest BCUT2D eigenvalue weighted by Crippen LogP contribution is 2.33. The summed E-state index contributed by atoms with van der Waals surface area (Å²) < 4.78 is 7.25. The van der Waals surface area contributed by atoms with E-state index in [4.69, 9.17) is 9.73 Å². The second-order valence-corrected chi connectivity index (χ2v) is 8.17. The van der Waals surface area contributed by atoms with Gasteiger partial charge >= 0.3 is 0 Å². The first-order chi connectivity index (χ1) is 16.6. The van der Waals surface area contributed by atoms with E-state index in [1.54, 1.807) is 19.1 Å². The predicted molar refractivity (Wildman–Crippen MR) is 132 cm³/mol. The molecule has 3 aromatic carbocycles. The Hall–Kier alpha value is -4.26. The number of carbonyl (C=O) groups excluding carboxylic acids is 1. The van der Waals surface area contributed by atoms with Crippen LogP contribution in [0.3, 0.4) is 0 Å². The number of carbonyl (C=O) groups is 1. The summed E-state index contributed by atoms with van der Waals surface area (Å²) >= 11 is 0. The van der Waals surface area contributed by atoms with E-state index in [9.17, 15) is 4.79 Å². The van der Waals surface area contributed by atoms with E-state index in [-0.39, 0.29) is 12.3 Å². The highest BCUT2D eigenvalue weighted by molar-refractivity contribution is 6.15. The summed E-state index contributed by atoms with van der Waals surface area (Å²) in [5.41, 5.74) is 4.56. The van der Waals surface area contributed by atoms with Crippen molar-refractivity contribution in [2.45, 2.75) is 19.4 Å². The number of amides is 1. The summed E-state index contributed by atoms with van der Waals surface area (Å²) in [5, 5.41) is 8.77. The molecule has 0 radical (unpaired) electrons. The Bertz CT molecular complexity index is 1360. The van der Waals surface area contributed by atoms with Crippen molar-refractivity contribution < 1.29 is 9.53 Å². The van der Waals surface area contributed by atoms with Crippen LogP contribution in [0.15, 0.2) is 83.9 Å². The van der Waals surface area contributed by atoms with Crippen molar-refractivity contribution in [3.8, 4) is 11.4 Å². The van der Waals surface area contributed by atoms with E-state index in [0.29, 0.717) is 5.82 Å². The number of rotatable bonds is 5. The van der Waals surface area contributed by atoms with Gasteiger partial charge in [-0.1, -0.05) is 48.5 Å². The molecule has 1 unspecified atom stereocenters. The average Bonchev–Trinajstić information content (AvgIpc) is 3.21. The highest BCUT2D eigenvalue weighted by atomic mass is 16.5. The van der Waals surface area contributed by atoms with Gasteiger partial charge in [0.15, 0.2) is 5.82 Å². The number of hydrogen-bond donors (Lipinski definition) is 0. The largest absolute Gasteiger partial charge is 0.497 e. The van der Waals surface area contributed by atoms with Crippen LogP contribution in [-0.2, 0) is 4.79 Å². The number of ether oxygens (including phenoxy) is 1. The van der Waals surface area contributed by atoms with Gasteiger partial charge in [-0.05, 0) is 37.3 Å². The Balaban J connectivity index is 1.57. The molecule has 34 heavy (non-hydrogen) atoms. The zero-order valence-electron chi connectivity index (χ0n) is 19.3. The van der Waals surface area contributed by atoms with Crippen molar-refractivity contribution in [1.29, 1.82) is 0 Å². The molecule has 1 atom stereocenters. The maximum absolute atomic E-state index is 13.4. The molecule has 0 saturated carbocycles. The summed E-state index contributed by atoms with van der Waals surface area (Å²) in [6.45, 7) is 1.92. The number of nitrogens with zero attached hydrogens (tertiary/aromatic N) is 5. The number of benzene rings is 3. The normalized spacial score (nSPS) is 14.4. The standard InChI is InChI=1S/C27H25N5O2/c1-18-29-30-27-23(17-25(33)31(2)20-13-15-21(34-3)16-14-20)28-26(19-9-5-4-6-10-19)22-11-7-8-12-24(22)32(18)27/h4-16,23H,17H2,1-3H3. The molecular weight excluding hydrogens is 426 g/mol. The first-order valence-corrected chi connectivity index (χ1v) is 11.1. The summed E-state index contributed by atoms with van der Waals surface area (Å²) in [6.07, 6.45) is 0.158. The fraction of sp³-hybridized carbons (Fsp3) is 0.185. The van der Waals surface area contributed by atoms with Gasteiger partial charge in [0.1, 0.15) is 17.6 Å². The molecule has 170 valence electrons. The molecule has 1 amide bonds. The molecule has 5 rings (SSSR count). The Morgan fingerprint density at radius 3 is 2.41 bits per heavy atom. The second kappa shape index (κ2) is 8.94. The summed E-state index contributed by atoms with van der Waals surface area (Å²) in [5.74, 6) is 2.09. The molecule has 1 aliphatic heterocycles. The van der Waals surface area contributed by atoms with E-state index in [0.717, 1.165) is 39.8 Å². The van der Waals surface area contributed by atoms with Gasteiger partial charge < -0.3 is 9.64 Å². The Labute approximate surface area is 198 Å². The zero-order valence-corrected chi connectivity index (χ0v) is 19.3. The van der Waals surface area contributed by atoms with Crippen molar-refractivity contribution in [3.05, 3.63) is 102 Å². The van der Waals surface area contributed by atoms with Crippen LogP contribution in [0.5, 0.6) is 5.75 Å². The van der Waals surface area contributed by atoms with Gasteiger partial charge in [-0.2, -0.15) is 0 Å². The Morgan fingerprint density at radius 1 is 0.971 bits per heavy atom. The first kappa shape index (κ1) is 21.6. The Morgan fingerprint density at radius 2 is 1.68 bits per heavy atom. The SMILES string of the molecule is COc1ccc(N(C)C(=O)CC2N=C(c3ccccc3)c3ccccc3-n3c(C)nnc32)cc1. The molecule has 0 saturated heterocycles. The van der Waals surface area contributed by atoms with Crippen LogP contribution in [0.4, 0.5) is 5.69 Å². The lowest BCUT2D eigenvalue weighted by atomic mass is 10.0. The van der Waals surface area contributed by atoms with Crippen LogP contribution >= 0.6 is 0 Å². The van der Waals surface area contributed by atoms with Gasteiger partial charge in [0.05, 0.1) is 24.9 Å². The minimum Gasteiger partial charge on any atom is -0.497 e. The van der Waals surface area contributed by atoms with Crippen LogP contribution in [0.1, 0.15) is 35.2 Å². The number of methoxy groups -OCH3 is 1. The molecule has 2 heterocycles. The summed E-state index contributed by atoms with van der Waals surface area (Å²) in [4.78, 5) is 20.1. The minimum absolute atomic E-state index is 0.0653. The number of aromatic nitrogens is 3. The number of anilines is 1. The maximum atomic E-state index is 13.4. The van der Waals surface area contributed by atoms with Crippen molar-refractivity contribution in [1.82, 2.24) is 14.8 Å². The third-order valence-corrected chi connectivity index (χ3v) is 6.08. The number of fused-ring (bicyclic) bond motifs is 3. The molecule has 0 aliphatic carbocycles. The van der Waals surface area contributed by atoms with Crippen LogP contribution in [0, 0.1) is 6.92 Å². The maximum Gasteiger partial charge on any atom is 0.229 e. The van der Waals surface area contributed by atoms with Crippen LogP contribution in [-0.4, -0.2) is 40.5 Å². The minimum atomic E-state index is -0.489. The first-order valence-electron chi connectivity index (χ1n) is 11.1. The fourth-order valence-electron chi connectivity index (χ4n) is 4.26. The van der Waals surface area contributed by atoms with Crippen molar-refractivity contribution in [3.63, 3.8) is 0 Å². The molecule has 0 bridgehead atoms. The van der Waals surface area contributed by atoms with E-state index < -0.39 is 6.04 Å². The summed E-state index contributed by atoms with van der Waals surface area (Å²) in [7, 11) is 3.39. The fourth-order valence-corrected chi connectivity index (χ4v) is 4.26. The molecule has 4 aromatic rings. The van der Waals surface area contributed by atoms with Crippen molar-refractivity contribution in [2.24, 2.45) is 4.99 Å². The van der Waals surface area contributed by atoms with Crippen LogP contribution < -0.4 is 9.64 Å². The van der Waals surface area contributed by atoms with Crippen molar-refractivity contribution in [2.75, 3.05) is 19.1 Å². The number of para-hydroxylation sites is 1. The highest BCUT2D eigenvalue weighted by Gasteiger charge is 2.30. The molecule has 0 N–H and O–H groups in total. The molecule has 1 aliphatic rings. The molecule has 1 aromatic heterocycles. The topological polar surface area (TPSA) is 72.6 Å². The third-order valence-electron chi connectivity index (χ3n) is 6.08. The quantitative estimate of drug-likeness (QED) is 0.447. The lowest BCUT2D eigenvalue weighted by Crippen LogP contribution is -2.28. The lowest BCUT2D eigenvalue weighted by molar-refractivity contribution is -0.118. The third kappa shape index (κ3) is 3.85. The number of aliphatic imine (C=N–C) groups is 1. The van der Waals surface area contributed by atoms with Crippen molar-refractivity contribution >= 4 is 17.3 Å². The van der Waals surface area contributed by atoms with Crippen LogP contribution in [0.2, 0.25) is 0 Å². The molecule has 0 spiro atoms. The van der Waals surface area contributed by atoms with E-state index >= 15 is 0 Å². The lowest BCUT2D eigenvalue weighted by Gasteiger charge is -2.20. The number of hydrogen-bond acceptors (Lipinski definition) is 5. The van der Waals surface area contributed by atoms with Gasteiger partial charge in [0.25, 0.3) is 0 Å². The van der Waals surface area contributed by atoms with Gasteiger partial charge in [-0.3, -0.25) is 14.4 Å². The molecule has 7 heteroatoms. The zero-order chi connectivity index (χ0) is 23.7. The second-order valence-electron chi connectivity index (χ2n) is 8.17. The Kier molecular flexibility index (Phi) is 5.67. The van der Waals surface area contributed by atoms with E-state index in [1.165, 1.54) is 0 Å². The van der Waals surface area contributed by atoms with Gasteiger partial charge in [0, 0.05) is 23.9 Å². The van der Waals surface area contributed by atoms with Crippen LogP contribution in [0.25, 0.3) is 5.69 Å². The van der Waals surface area contributed by atoms with E-state index in [2.05, 4.69) is 16.3 Å². The predicted octanol–water partition coefficient (Wildman–Crippen LogP) is 4.53. The smallest absolute Gasteiger partial charge is 0.229 e. The van der Waals surface area contributed by atoms with Gasteiger partial charge in [0.2, 0.25) is 5.91 Å². The molecule has 7 nitrogen and oxygen atoms in total. The summed E-state index contributed by atoms with van der Waals surface area (Å²) in [6, 6.07) is 25.1. The number of aryl methyl sites for hydroxylation is 1. The van der Waals surface area contributed by atoms with Gasteiger partial charge in [-0.15, -0.1) is 10.2 Å². The molecular formula is C27H25N5O2. The monoisotopic (exact) mass is 451 g/mol. The van der Waals surface area contributed by atoms with Gasteiger partial charge in [-0.25, -0.2) is 0 Å². The molecule has 0 fully saturated rings. The average molecular weight is 452 g/mol. The van der Waals surface area contributed by atoms with E-state index in [1.807, 2.05) is 84.3 Å².